The van der Waals surface area contributed by atoms with Crippen molar-refractivity contribution in [1.29, 1.82) is 0 Å². The van der Waals surface area contributed by atoms with Gasteiger partial charge in [-0.3, -0.25) is 0 Å². The van der Waals surface area contributed by atoms with Crippen LogP contribution in [0.3, 0.4) is 0 Å². The van der Waals surface area contributed by atoms with Gasteiger partial charge in [0.15, 0.2) is 17.5 Å². The van der Waals surface area contributed by atoms with Gasteiger partial charge in [0.1, 0.15) is 0 Å². The molecule has 0 saturated heterocycles. The van der Waals surface area contributed by atoms with Crippen LogP contribution in [0, 0.1) is 0 Å². The predicted octanol–water partition coefficient (Wildman–Crippen LogP) is 11.5. The van der Waals surface area contributed by atoms with Crippen molar-refractivity contribution in [2.45, 2.75) is 0 Å². The second-order valence-electron chi connectivity index (χ2n) is 12.0. The first-order valence-electron chi connectivity index (χ1n) is 16.0. The first-order valence-corrected chi connectivity index (χ1v) is 16.9. The Hall–Kier alpha value is -6.17. The topological polar surface area (TPSA) is 43.6 Å². The largest absolute Gasteiger partial charge is 0.309 e. The number of rotatable bonds is 4. The third-order valence-corrected chi connectivity index (χ3v) is 10.5. The molecule has 0 atom stereocenters. The molecule has 3 heterocycles. The Morgan fingerprint density at radius 3 is 1.71 bits per heavy atom. The summed E-state index contributed by atoms with van der Waals surface area (Å²) in [6, 6.07) is 55.5. The fraction of sp³-hybridized carbons (Fsp3) is 0. The van der Waals surface area contributed by atoms with Gasteiger partial charge in [-0.15, -0.1) is 11.3 Å². The number of aromatic nitrogens is 4. The smallest absolute Gasteiger partial charge is 0.165 e. The zero-order valence-electron chi connectivity index (χ0n) is 25.7. The van der Waals surface area contributed by atoms with Crippen molar-refractivity contribution < 1.29 is 0 Å². The monoisotopic (exact) mass is 630 g/mol. The van der Waals surface area contributed by atoms with Crippen molar-refractivity contribution >= 4 is 64.1 Å². The fourth-order valence-electron chi connectivity index (χ4n) is 7.05. The molecule has 3 aromatic heterocycles. The molecule has 4 nitrogen and oxygen atoms in total. The summed E-state index contributed by atoms with van der Waals surface area (Å²) in [5.74, 6) is 1.98. The van der Waals surface area contributed by atoms with Gasteiger partial charge < -0.3 is 4.57 Å². The maximum absolute atomic E-state index is 5.18. The van der Waals surface area contributed by atoms with Crippen molar-refractivity contribution in [1.82, 2.24) is 19.5 Å². The molecule has 10 rings (SSSR count). The van der Waals surface area contributed by atoms with Crippen LogP contribution in [0.5, 0.6) is 0 Å². The van der Waals surface area contributed by atoms with Crippen LogP contribution in [0.2, 0.25) is 0 Å². The normalized spacial score (nSPS) is 11.8. The van der Waals surface area contributed by atoms with Crippen LogP contribution >= 0.6 is 11.3 Å². The average Bonchev–Trinajstić information content (AvgIpc) is 3.71. The fourth-order valence-corrected chi connectivity index (χ4v) is 8.26. The van der Waals surface area contributed by atoms with Crippen molar-refractivity contribution in [3.8, 4) is 39.9 Å². The molecule has 0 fully saturated rings. The second-order valence-corrected chi connectivity index (χ2v) is 13.1. The van der Waals surface area contributed by atoms with E-state index in [0.717, 1.165) is 33.2 Å². The SMILES string of the molecule is c1ccc2c(-c3nc(-c4ccc(-n5c6ccccc6c6ccccc65)cc4)nc(-c4cccc5c4sc4ccccc45)n3)cccc2c1. The Balaban J connectivity index is 1.18. The van der Waals surface area contributed by atoms with Crippen molar-refractivity contribution in [2.75, 3.05) is 0 Å². The van der Waals surface area contributed by atoms with E-state index < -0.39 is 0 Å². The summed E-state index contributed by atoms with van der Waals surface area (Å²) in [4.78, 5) is 15.5. The molecule has 7 aromatic carbocycles. The van der Waals surface area contributed by atoms with Crippen LogP contribution in [0.15, 0.2) is 158 Å². The maximum atomic E-state index is 5.18. The Kier molecular flexibility index (Phi) is 6.01. The third-order valence-electron chi connectivity index (χ3n) is 9.27. The molecule has 0 spiro atoms. The molecule has 0 aliphatic heterocycles. The standard InChI is InChI=1S/C43H26N4S/c1-2-13-30-27(11-1)12-9-18-35(30)42-44-41(45-43(46-42)36-19-10-17-34-33-16-5-8-22-39(33)48-40(34)36)28-23-25-29(26-24-28)47-37-20-6-3-14-31(37)32-15-4-7-21-38(32)47/h1-26H. The van der Waals surface area contributed by atoms with Crippen LogP contribution in [0.4, 0.5) is 0 Å². The Labute approximate surface area is 280 Å². The molecule has 0 amide bonds. The second kappa shape index (κ2) is 10.7. The summed E-state index contributed by atoms with van der Waals surface area (Å²) in [5.41, 5.74) is 6.40. The van der Waals surface area contributed by atoms with Crippen LogP contribution in [-0.4, -0.2) is 19.5 Å². The molecule has 0 aliphatic carbocycles. The lowest BCUT2D eigenvalue weighted by Crippen LogP contribution is -2.01. The number of nitrogens with zero attached hydrogens (tertiary/aromatic N) is 4. The zero-order valence-corrected chi connectivity index (χ0v) is 26.5. The molecule has 0 unspecified atom stereocenters. The van der Waals surface area contributed by atoms with Gasteiger partial charge in [0.05, 0.1) is 11.0 Å². The van der Waals surface area contributed by atoms with E-state index in [2.05, 4.69) is 162 Å². The summed E-state index contributed by atoms with van der Waals surface area (Å²) < 4.78 is 4.77. The van der Waals surface area contributed by atoms with Gasteiger partial charge in [-0.25, -0.2) is 15.0 Å². The average molecular weight is 631 g/mol. The van der Waals surface area contributed by atoms with Crippen LogP contribution in [0.1, 0.15) is 0 Å². The lowest BCUT2D eigenvalue weighted by molar-refractivity contribution is 1.08. The minimum absolute atomic E-state index is 0.648. The molecule has 48 heavy (non-hydrogen) atoms. The molecule has 0 saturated carbocycles. The van der Waals surface area contributed by atoms with Crippen LogP contribution in [0.25, 0.3) is 92.6 Å². The number of hydrogen-bond acceptors (Lipinski definition) is 4. The zero-order chi connectivity index (χ0) is 31.6. The molecule has 0 N–H and O–H groups in total. The molecular formula is C43H26N4S. The molecule has 224 valence electrons. The third kappa shape index (κ3) is 4.18. The van der Waals surface area contributed by atoms with Gasteiger partial charge in [0.2, 0.25) is 0 Å². The van der Waals surface area contributed by atoms with E-state index in [4.69, 9.17) is 15.0 Å². The molecule has 0 radical (unpaired) electrons. The number of para-hydroxylation sites is 2. The first kappa shape index (κ1) is 27.0. The summed E-state index contributed by atoms with van der Waals surface area (Å²) >= 11 is 1.79. The highest BCUT2D eigenvalue weighted by molar-refractivity contribution is 7.26. The van der Waals surface area contributed by atoms with Crippen molar-refractivity contribution in [2.24, 2.45) is 0 Å². The van der Waals surface area contributed by atoms with Gasteiger partial charge in [0.25, 0.3) is 0 Å². The predicted molar refractivity (Wildman–Crippen MR) is 201 cm³/mol. The number of thiophene rings is 1. The summed E-state index contributed by atoms with van der Waals surface area (Å²) in [6.07, 6.45) is 0. The van der Waals surface area contributed by atoms with Gasteiger partial charge >= 0.3 is 0 Å². The number of fused-ring (bicyclic) bond motifs is 7. The van der Waals surface area contributed by atoms with E-state index in [9.17, 15) is 0 Å². The maximum Gasteiger partial charge on any atom is 0.165 e. The van der Waals surface area contributed by atoms with E-state index in [1.807, 2.05) is 0 Å². The Morgan fingerprint density at radius 1 is 0.396 bits per heavy atom. The number of hydrogen-bond donors (Lipinski definition) is 0. The summed E-state index contributed by atoms with van der Waals surface area (Å²) in [6.45, 7) is 0. The molecule has 0 aliphatic rings. The Morgan fingerprint density at radius 2 is 0.938 bits per heavy atom. The van der Waals surface area contributed by atoms with E-state index >= 15 is 0 Å². The minimum atomic E-state index is 0.648. The van der Waals surface area contributed by atoms with E-state index in [0.29, 0.717) is 17.5 Å². The van der Waals surface area contributed by atoms with E-state index in [-0.39, 0.29) is 0 Å². The minimum Gasteiger partial charge on any atom is -0.309 e. The van der Waals surface area contributed by atoms with Gasteiger partial charge in [-0.05, 0) is 59.3 Å². The van der Waals surface area contributed by atoms with Gasteiger partial charge in [0, 0.05) is 53.3 Å². The van der Waals surface area contributed by atoms with Crippen molar-refractivity contribution in [3.63, 3.8) is 0 Å². The molecular weight excluding hydrogens is 605 g/mol. The Bertz CT molecular complexity index is 2790. The molecule has 0 bridgehead atoms. The highest BCUT2D eigenvalue weighted by atomic mass is 32.1. The molecule has 10 aromatic rings. The lowest BCUT2D eigenvalue weighted by atomic mass is 10.0. The van der Waals surface area contributed by atoms with E-state index in [1.54, 1.807) is 11.3 Å². The molecule has 5 heteroatoms. The lowest BCUT2D eigenvalue weighted by Gasteiger charge is -2.12. The summed E-state index contributed by atoms with van der Waals surface area (Å²) in [7, 11) is 0. The van der Waals surface area contributed by atoms with Gasteiger partial charge in [-0.2, -0.15) is 0 Å². The van der Waals surface area contributed by atoms with Crippen LogP contribution < -0.4 is 0 Å². The van der Waals surface area contributed by atoms with E-state index in [1.165, 1.54) is 42.0 Å². The highest BCUT2D eigenvalue weighted by Gasteiger charge is 2.18. The summed E-state index contributed by atoms with van der Waals surface area (Å²) in [5, 5.41) is 7.23. The quantitative estimate of drug-likeness (QED) is 0.194. The number of benzene rings is 7. The van der Waals surface area contributed by atoms with Crippen LogP contribution in [-0.2, 0) is 0 Å². The van der Waals surface area contributed by atoms with Gasteiger partial charge in [-0.1, -0.05) is 109 Å². The first-order chi connectivity index (χ1) is 23.8. The highest BCUT2D eigenvalue weighted by Crippen LogP contribution is 2.40. The van der Waals surface area contributed by atoms with Crippen molar-refractivity contribution in [3.05, 3.63) is 158 Å².